The Morgan fingerprint density at radius 3 is 2.81 bits per heavy atom. The summed E-state index contributed by atoms with van der Waals surface area (Å²) in [6, 6.07) is 8.03. The first-order chi connectivity index (χ1) is 15.0. The maximum absolute atomic E-state index is 9.18. The van der Waals surface area contributed by atoms with Crippen molar-refractivity contribution in [2.45, 2.75) is 26.4 Å². The Hall–Kier alpha value is -2.89. The molecule has 0 atom stereocenters. The number of allylic oxidation sites excluding steroid dienone is 2. The molecule has 3 rings (SSSR count). The lowest BCUT2D eigenvalue weighted by Crippen LogP contribution is -2.11. The first-order valence-electron chi connectivity index (χ1n) is 10.2. The molecular formula is C25H28ClN3O2. The number of aryl methyl sites for hydroxylation is 2. The van der Waals surface area contributed by atoms with Gasteiger partial charge in [-0.15, -0.1) is 0 Å². The fourth-order valence-corrected chi connectivity index (χ4v) is 3.80. The number of ether oxygens (including phenoxy) is 1. The highest BCUT2D eigenvalue weighted by molar-refractivity contribution is 6.31. The number of nitrogens with zero attached hydrogens (tertiary/aromatic N) is 3. The fraction of sp³-hybridized carbons (Fsp3) is 0.280. The molecule has 162 valence electrons. The van der Waals surface area contributed by atoms with E-state index in [2.05, 4.69) is 28.6 Å². The summed E-state index contributed by atoms with van der Waals surface area (Å²) in [5, 5.41) is 10.7. The minimum absolute atomic E-state index is 0.120. The van der Waals surface area contributed by atoms with Crippen LogP contribution in [0.1, 0.15) is 28.8 Å². The Morgan fingerprint density at radius 1 is 1.29 bits per heavy atom. The molecule has 5 nitrogen and oxygen atoms in total. The van der Waals surface area contributed by atoms with Crippen molar-refractivity contribution in [2.24, 2.45) is 0 Å². The average molecular weight is 438 g/mol. The van der Waals surface area contributed by atoms with E-state index in [9.17, 15) is 5.11 Å². The molecule has 2 aromatic heterocycles. The number of rotatable bonds is 9. The Bertz CT molecular complexity index is 1110. The van der Waals surface area contributed by atoms with Crippen molar-refractivity contribution in [1.29, 1.82) is 0 Å². The van der Waals surface area contributed by atoms with E-state index >= 15 is 0 Å². The van der Waals surface area contributed by atoms with Gasteiger partial charge in [0.05, 0.1) is 5.02 Å². The minimum atomic E-state index is 0.120. The van der Waals surface area contributed by atoms with Crippen LogP contribution in [0.2, 0.25) is 5.02 Å². The number of benzene rings is 1. The summed E-state index contributed by atoms with van der Waals surface area (Å²) in [5.74, 6) is 0.695. The van der Waals surface area contributed by atoms with Crippen LogP contribution in [0.15, 0.2) is 55.4 Å². The lowest BCUT2D eigenvalue weighted by atomic mass is 10.0. The molecule has 0 fully saturated rings. The van der Waals surface area contributed by atoms with Crippen LogP contribution >= 0.6 is 11.6 Å². The molecule has 6 heteroatoms. The number of hydrogen-bond acceptors (Lipinski definition) is 5. The van der Waals surface area contributed by atoms with Gasteiger partial charge in [-0.05, 0) is 43.5 Å². The monoisotopic (exact) mass is 437 g/mol. The van der Waals surface area contributed by atoms with Crippen molar-refractivity contribution in [1.82, 2.24) is 14.9 Å². The number of aromatic nitrogens is 2. The highest BCUT2D eigenvalue weighted by Crippen LogP contribution is 2.32. The Morgan fingerprint density at radius 2 is 2.10 bits per heavy atom. The number of aliphatic hydroxyl groups is 1. The molecule has 0 radical (unpaired) electrons. The van der Waals surface area contributed by atoms with Crippen molar-refractivity contribution < 1.29 is 9.84 Å². The van der Waals surface area contributed by atoms with Gasteiger partial charge in [-0.2, -0.15) is 0 Å². The number of aliphatic hydroxyl groups excluding tert-OH is 1. The molecule has 0 aliphatic rings. The van der Waals surface area contributed by atoms with Crippen LogP contribution in [0, 0.1) is 6.92 Å². The number of pyridine rings is 2. The second-order valence-electron chi connectivity index (χ2n) is 7.52. The van der Waals surface area contributed by atoms with Crippen molar-refractivity contribution >= 4 is 28.2 Å². The Kier molecular flexibility index (Phi) is 7.66. The van der Waals surface area contributed by atoms with Crippen LogP contribution < -0.4 is 4.74 Å². The second-order valence-corrected chi connectivity index (χ2v) is 7.93. The molecule has 31 heavy (non-hydrogen) atoms. The number of hydrogen-bond donors (Lipinski definition) is 1. The third-order valence-corrected chi connectivity index (χ3v) is 5.36. The van der Waals surface area contributed by atoms with Crippen LogP contribution in [0.4, 0.5) is 0 Å². The first kappa shape index (κ1) is 22.8. The van der Waals surface area contributed by atoms with E-state index in [4.69, 9.17) is 21.3 Å². The molecule has 0 amide bonds. The summed E-state index contributed by atoms with van der Waals surface area (Å²) in [6.07, 6.45) is 8.53. The van der Waals surface area contributed by atoms with Crippen molar-refractivity contribution in [3.63, 3.8) is 0 Å². The molecule has 0 saturated carbocycles. The van der Waals surface area contributed by atoms with Crippen LogP contribution in [-0.2, 0) is 13.0 Å². The van der Waals surface area contributed by atoms with Crippen molar-refractivity contribution in [3.05, 3.63) is 82.8 Å². The third-order valence-electron chi connectivity index (χ3n) is 5.03. The van der Waals surface area contributed by atoms with E-state index in [1.165, 1.54) is 0 Å². The molecule has 3 aromatic rings. The topological polar surface area (TPSA) is 58.5 Å². The van der Waals surface area contributed by atoms with E-state index in [0.29, 0.717) is 30.2 Å². The number of fused-ring (bicyclic) bond motifs is 1. The van der Waals surface area contributed by atoms with Crippen molar-refractivity contribution in [2.75, 3.05) is 20.7 Å². The zero-order chi connectivity index (χ0) is 22.4. The van der Waals surface area contributed by atoms with E-state index < -0.39 is 0 Å². The Labute approximate surface area is 188 Å². The molecule has 0 aliphatic heterocycles. The van der Waals surface area contributed by atoms with Crippen molar-refractivity contribution in [3.8, 4) is 5.75 Å². The highest BCUT2D eigenvalue weighted by atomic mass is 35.5. The molecule has 0 bridgehead atoms. The fourth-order valence-electron chi connectivity index (χ4n) is 3.57. The van der Waals surface area contributed by atoms with Gasteiger partial charge in [-0.3, -0.25) is 4.98 Å². The predicted molar refractivity (Wildman–Crippen MR) is 127 cm³/mol. The number of halogens is 1. The van der Waals surface area contributed by atoms with Gasteiger partial charge in [0.25, 0.3) is 0 Å². The predicted octanol–water partition coefficient (Wildman–Crippen LogP) is 5.18. The van der Waals surface area contributed by atoms with E-state index in [0.717, 1.165) is 39.0 Å². The SMILES string of the molecule is C=C/C=C(/c1cc(C)nc2c(OCc3c(Cl)cncc3CCCO)cccc12)N(C)C. The van der Waals surface area contributed by atoms with Gasteiger partial charge in [0, 0.05) is 61.0 Å². The maximum Gasteiger partial charge on any atom is 0.146 e. The van der Waals surface area contributed by atoms with E-state index in [1.807, 2.05) is 39.2 Å². The van der Waals surface area contributed by atoms with Crippen LogP contribution in [0.3, 0.4) is 0 Å². The Balaban J connectivity index is 2.02. The summed E-state index contributed by atoms with van der Waals surface area (Å²) in [7, 11) is 4.02. The normalized spacial score (nSPS) is 11.6. The standard InChI is InChI=1S/C25H28ClN3O2/c1-5-8-23(29(3)4)20-13-17(2)28-25-19(20)10-6-11-24(25)31-16-21-18(9-7-12-30)14-27-15-22(21)26/h5-6,8,10-11,13-15,30H,1,7,9,12,16H2,2-4H3/b23-8-. The summed E-state index contributed by atoms with van der Waals surface area (Å²) in [5.41, 5.74) is 5.69. The molecule has 2 heterocycles. The quantitative estimate of drug-likeness (QED) is 0.467. The van der Waals surface area contributed by atoms with Gasteiger partial charge in [0.15, 0.2) is 0 Å². The largest absolute Gasteiger partial charge is 0.487 e. The first-order valence-corrected chi connectivity index (χ1v) is 10.6. The van der Waals surface area contributed by atoms with Gasteiger partial charge in [-0.25, -0.2) is 4.98 Å². The molecule has 0 aliphatic carbocycles. The zero-order valence-corrected chi connectivity index (χ0v) is 19.0. The molecule has 1 N–H and O–H groups in total. The highest BCUT2D eigenvalue weighted by Gasteiger charge is 2.15. The van der Waals surface area contributed by atoms with E-state index in [1.54, 1.807) is 18.5 Å². The van der Waals surface area contributed by atoms with E-state index in [-0.39, 0.29) is 6.61 Å². The zero-order valence-electron chi connectivity index (χ0n) is 18.2. The lowest BCUT2D eigenvalue weighted by Gasteiger charge is -2.20. The number of para-hydroxylation sites is 1. The summed E-state index contributed by atoms with van der Waals surface area (Å²) < 4.78 is 6.23. The summed E-state index contributed by atoms with van der Waals surface area (Å²) in [6.45, 7) is 6.25. The summed E-state index contributed by atoms with van der Waals surface area (Å²) in [4.78, 5) is 11.0. The van der Waals surface area contributed by atoms with Gasteiger partial charge < -0.3 is 14.7 Å². The minimum Gasteiger partial charge on any atom is -0.487 e. The van der Waals surface area contributed by atoms with Gasteiger partial charge in [-0.1, -0.05) is 36.4 Å². The van der Waals surface area contributed by atoms with Crippen LogP contribution in [0.25, 0.3) is 16.6 Å². The molecule has 1 aromatic carbocycles. The molecule has 0 saturated heterocycles. The summed E-state index contributed by atoms with van der Waals surface area (Å²) >= 11 is 6.41. The van der Waals surface area contributed by atoms with Gasteiger partial charge >= 0.3 is 0 Å². The smallest absolute Gasteiger partial charge is 0.146 e. The van der Waals surface area contributed by atoms with Crippen LogP contribution in [-0.4, -0.2) is 40.7 Å². The molecule has 0 unspecified atom stereocenters. The third kappa shape index (κ3) is 5.24. The van der Waals surface area contributed by atoms with Gasteiger partial charge in [0.1, 0.15) is 17.9 Å². The van der Waals surface area contributed by atoms with Crippen LogP contribution in [0.5, 0.6) is 5.75 Å². The van der Waals surface area contributed by atoms with Gasteiger partial charge in [0.2, 0.25) is 0 Å². The maximum atomic E-state index is 9.18. The lowest BCUT2D eigenvalue weighted by molar-refractivity contribution is 0.286. The second kappa shape index (κ2) is 10.4. The molecular weight excluding hydrogens is 410 g/mol. The molecule has 0 spiro atoms. The average Bonchev–Trinajstić information content (AvgIpc) is 2.74.